The van der Waals surface area contributed by atoms with Crippen LogP contribution in [0.1, 0.15) is 0 Å². The Hall–Kier alpha value is -1.32. The minimum Gasteiger partial charge on any atom is -0.505 e. The molecule has 0 unspecified atom stereocenters. The molecule has 0 aliphatic rings. The van der Waals surface area contributed by atoms with E-state index in [4.69, 9.17) is 10.2 Å². The third-order valence-electron chi connectivity index (χ3n) is 0.999. The van der Waals surface area contributed by atoms with Gasteiger partial charge in [-0.3, -0.25) is 0 Å². The number of phenols is 2. The first-order valence-electron chi connectivity index (χ1n) is 2.48. The normalized spacial score (nSPS) is 9.80. The molecule has 2 N–H and O–H groups in total. The van der Waals surface area contributed by atoms with Crippen molar-refractivity contribution >= 4 is 0 Å². The summed E-state index contributed by atoms with van der Waals surface area (Å²) in [6.07, 6.45) is 0. The van der Waals surface area contributed by atoms with Gasteiger partial charge in [-0.1, -0.05) is 0 Å². The molecule has 0 radical (unpaired) electrons. The quantitative estimate of drug-likeness (QED) is 0.580. The standard InChI is InChI=1S/C6H4F2O2/c7-3-1-4(9)6(8)5(10)2-3/h1-2,9-10H. The van der Waals surface area contributed by atoms with Crippen LogP contribution in [0, 0.1) is 11.6 Å². The summed E-state index contributed by atoms with van der Waals surface area (Å²) in [5.41, 5.74) is 0. The maximum Gasteiger partial charge on any atom is 0.206 e. The molecule has 0 aliphatic heterocycles. The number of hydrogen-bond donors (Lipinski definition) is 2. The Bertz CT molecular complexity index is 237. The summed E-state index contributed by atoms with van der Waals surface area (Å²) >= 11 is 0. The van der Waals surface area contributed by atoms with E-state index in [9.17, 15) is 8.78 Å². The number of aromatic hydroxyl groups is 2. The largest absolute Gasteiger partial charge is 0.505 e. The molecule has 2 nitrogen and oxygen atoms in total. The van der Waals surface area contributed by atoms with E-state index in [1.165, 1.54) is 0 Å². The number of halogens is 2. The molecule has 0 bridgehead atoms. The minimum atomic E-state index is -1.21. The van der Waals surface area contributed by atoms with Gasteiger partial charge in [0.25, 0.3) is 0 Å². The van der Waals surface area contributed by atoms with Gasteiger partial charge in [-0.25, -0.2) is 4.39 Å². The van der Waals surface area contributed by atoms with Crippen molar-refractivity contribution in [2.45, 2.75) is 0 Å². The van der Waals surface area contributed by atoms with E-state index in [-0.39, 0.29) is 0 Å². The van der Waals surface area contributed by atoms with E-state index in [0.717, 1.165) is 0 Å². The van der Waals surface area contributed by atoms with Crippen molar-refractivity contribution in [3.8, 4) is 11.5 Å². The third kappa shape index (κ3) is 1.00. The Morgan fingerprint density at radius 1 is 1.00 bits per heavy atom. The van der Waals surface area contributed by atoms with Crippen molar-refractivity contribution in [3.05, 3.63) is 23.8 Å². The van der Waals surface area contributed by atoms with Crippen molar-refractivity contribution in [1.29, 1.82) is 0 Å². The van der Waals surface area contributed by atoms with Crippen molar-refractivity contribution in [3.63, 3.8) is 0 Å². The zero-order chi connectivity index (χ0) is 7.72. The smallest absolute Gasteiger partial charge is 0.206 e. The third-order valence-corrected chi connectivity index (χ3v) is 0.999. The minimum absolute atomic E-state index is 0.578. The van der Waals surface area contributed by atoms with Crippen LogP contribution < -0.4 is 0 Å². The maximum absolute atomic E-state index is 12.2. The predicted octanol–water partition coefficient (Wildman–Crippen LogP) is 1.38. The first-order valence-corrected chi connectivity index (χ1v) is 2.48. The Morgan fingerprint density at radius 2 is 1.40 bits per heavy atom. The van der Waals surface area contributed by atoms with E-state index in [2.05, 4.69) is 0 Å². The van der Waals surface area contributed by atoms with Gasteiger partial charge in [0.15, 0.2) is 11.5 Å². The second-order valence-electron chi connectivity index (χ2n) is 1.76. The average Bonchev–Trinajstić information content (AvgIpc) is 1.82. The van der Waals surface area contributed by atoms with Crippen molar-refractivity contribution < 1.29 is 19.0 Å². The van der Waals surface area contributed by atoms with Gasteiger partial charge in [-0.15, -0.1) is 0 Å². The van der Waals surface area contributed by atoms with E-state index < -0.39 is 23.1 Å². The Labute approximate surface area is 55.4 Å². The molecule has 1 aromatic rings. The summed E-state index contributed by atoms with van der Waals surface area (Å²) < 4.78 is 24.4. The predicted molar refractivity (Wildman–Crippen MR) is 29.7 cm³/mol. The molecule has 1 aromatic carbocycles. The lowest BCUT2D eigenvalue weighted by Gasteiger charge is -1.96. The van der Waals surface area contributed by atoms with Crippen LogP contribution in [0.4, 0.5) is 8.78 Å². The van der Waals surface area contributed by atoms with Gasteiger partial charge < -0.3 is 10.2 Å². The molecule has 54 valence electrons. The van der Waals surface area contributed by atoms with Crippen molar-refractivity contribution in [2.75, 3.05) is 0 Å². The molecule has 0 amide bonds. The van der Waals surface area contributed by atoms with Gasteiger partial charge in [0.1, 0.15) is 5.82 Å². The molecule has 0 heterocycles. The summed E-state index contributed by atoms with van der Waals surface area (Å²) in [7, 11) is 0. The fourth-order valence-corrected chi connectivity index (χ4v) is 0.561. The van der Waals surface area contributed by atoms with Crippen LogP contribution in [0.2, 0.25) is 0 Å². The summed E-state index contributed by atoms with van der Waals surface area (Å²) in [4.78, 5) is 0. The second-order valence-corrected chi connectivity index (χ2v) is 1.76. The number of hydrogen-bond acceptors (Lipinski definition) is 2. The number of rotatable bonds is 0. The van der Waals surface area contributed by atoms with Crippen LogP contribution in [0.25, 0.3) is 0 Å². The lowest BCUT2D eigenvalue weighted by molar-refractivity contribution is 0.382. The highest BCUT2D eigenvalue weighted by molar-refractivity contribution is 5.34. The molecule has 0 aromatic heterocycles. The molecular weight excluding hydrogens is 142 g/mol. The van der Waals surface area contributed by atoms with Crippen molar-refractivity contribution in [2.24, 2.45) is 0 Å². The fraction of sp³-hybridized carbons (Fsp3) is 0. The van der Waals surface area contributed by atoms with Crippen LogP contribution in [0.3, 0.4) is 0 Å². The zero-order valence-corrected chi connectivity index (χ0v) is 4.81. The molecule has 0 spiro atoms. The molecule has 10 heavy (non-hydrogen) atoms. The van der Waals surface area contributed by atoms with Crippen molar-refractivity contribution in [1.82, 2.24) is 0 Å². The van der Waals surface area contributed by atoms with Crippen LogP contribution in [0.5, 0.6) is 11.5 Å². The molecular formula is C6H4F2O2. The Kier molecular flexibility index (Phi) is 1.45. The van der Waals surface area contributed by atoms with Crippen LogP contribution >= 0.6 is 0 Å². The molecule has 0 atom stereocenters. The summed E-state index contributed by atoms with van der Waals surface area (Å²) in [5, 5.41) is 17.0. The van der Waals surface area contributed by atoms with E-state index >= 15 is 0 Å². The summed E-state index contributed by atoms with van der Waals surface area (Å²) in [6, 6.07) is 1.16. The summed E-state index contributed by atoms with van der Waals surface area (Å²) in [5.74, 6) is -3.87. The first kappa shape index (κ1) is 6.80. The molecule has 0 fully saturated rings. The van der Waals surface area contributed by atoms with Crippen LogP contribution in [-0.4, -0.2) is 10.2 Å². The van der Waals surface area contributed by atoms with E-state index in [1.807, 2.05) is 0 Å². The highest BCUT2D eigenvalue weighted by atomic mass is 19.1. The van der Waals surface area contributed by atoms with Gasteiger partial charge in [0.2, 0.25) is 5.82 Å². The lowest BCUT2D eigenvalue weighted by Crippen LogP contribution is -1.80. The average molecular weight is 146 g/mol. The monoisotopic (exact) mass is 146 g/mol. The molecule has 0 aliphatic carbocycles. The van der Waals surface area contributed by atoms with Gasteiger partial charge in [0, 0.05) is 12.1 Å². The van der Waals surface area contributed by atoms with Crippen LogP contribution in [0.15, 0.2) is 12.1 Å². The van der Waals surface area contributed by atoms with Gasteiger partial charge in [-0.2, -0.15) is 4.39 Å². The molecule has 1 rings (SSSR count). The SMILES string of the molecule is Oc1cc(F)cc(O)c1F. The van der Waals surface area contributed by atoms with E-state index in [1.54, 1.807) is 0 Å². The molecule has 0 saturated heterocycles. The molecule has 4 heteroatoms. The van der Waals surface area contributed by atoms with Gasteiger partial charge in [-0.05, 0) is 0 Å². The maximum atomic E-state index is 12.2. The second kappa shape index (κ2) is 2.13. The Morgan fingerprint density at radius 3 is 1.80 bits per heavy atom. The van der Waals surface area contributed by atoms with Gasteiger partial charge >= 0.3 is 0 Å². The Balaban J connectivity index is 3.31. The zero-order valence-electron chi connectivity index (χ0n) is 4.81. The highest BCUT2D eigenvalue weighted by Gasteiger charge is 2.07. The first-order chi connectivity index (χ1) is 4.61. The van der Waals surface area contributed by atoms with Crippen LogP contribution in [-0.2, 0) is 0 Å². The summed E-state index contributed by atoms with van der Waals surface area (Å²) in [6.45, 7) is 0. The number of phenolic OH excluding ortho intramolecular Hbond substituents is 2. The molecule has 0 saturated carbocycles. The van der Waals surface area contributed by atoms with Gasteiger partial charge in [0.05, 0.1) is 0 Å². The topological polar surface area (TPSA) is 40.5 Å². The highest BCUT2D eigenvalue weighted by Crippen LogP contribution is 2.25. The lowest BCUT2D eigenvalue weighted by atomic mass is 10.3. The van der Waals surface area contributed by atoms with E-state index in [0.29, 0.717) is 12.1 Å². The fourth-order valence-electron chi connectivity index (χ4n) is 0.561. The number of benzene rings is 1.